The van der Waals surface area contributed by atoms with Gasteiger partial charge in [0.1, 0.15) is 0 Å². The zero-order valence-corrected chi connectivity index (χ0v) is 9.55. The fourth-order valence-electron chi connectivity index (χ4n) is 1.83. The third-order valence-electron chi connectivity index (χ3n) is 2.75. The van der Waals surface area contributed by atoms with Crippen LogP contribution in [-0.2, 0) is 0 Å². The van der Waals surface area contributed by atoms with Gasteiger partial charge in [0.15, 0.2) is 0 Å². The van der Waals surface area contributed by atoms with Crippen LogP contribution in [0.3, 0.4) is 0 Å². The smallest absolute Gasteiger partial charge is 0.255 e. The molecule has 18 heavy (non-hydrogen) atoms. The maximum absolute atomic E-state index is 12.0. The quantitative estimate of drug-likeness (QED) is 0.720. The highest BCUT2D eigenvalue weighted by molar-refractivity contribution is 6.06. The second kappa shape index (κ2) is 4.33. The maximum atomic E-state index is 12.0. The molecular formula is C14H11N3O. The summed E-state index contributed by atoms with van der Waals surface area (Å²) >= 11 is 0. The Labute approximate surface area is 104 Å². The van der Waals surface area contributed by atoms with Crippen LogP contribution >= 0.6 is 0 Å². The molecule has 0 aliphatic carbocycles. The lowest BCUT2D eigenvalue weighted by atomic mass is 10.1. The molecular weight excluding hydrogens is 226 g/mol. The predicted octanol–water partition coefficient (Wildman–Crippen LogP) is 2.82. The van der Waals surface area contributed by atoms with Crippen LogP contribution in [0.25, 0.3) is 10.9 Å². The zero-order valence-electron chi connectivity index (χ0n) is 9.55. The van der Waals surface area contributed by atoms with Crippen molar-refractivity contribution in [2.45, 2.75) is 0 Å². The monoisotopic (exact) mass is 237 g/mol. The first-order valence-corrected chi connectivity index (χ1v) is 5.61. The number of rotatable bonds is 2. The lowest BCUT2D eigenvalue weighted by Crippen LogP contribution is -2.11. The number of benzene rings is 1. The van der Waals surface area contributed by atoms with Crippen LogP contribution in [0.4, 0.5) is 5.69 Å². The molecule has 0 radical (unpaired) electrons. The molecule has 1 amide bonds. The summed E-state index contributed by atoms with van der Waals surface area (Å²) in [6.07, 6.45) is 5.14. The number of amides is 1. The third-order valence-corrected chi connectivity index (χ3v) is 2.75. The molecule has 1 aromatic carbocycles. The molecule has 4 nitrogen and oxygen atoms in total. The summed E-state index contributed by atoms with van der Waals surface area (Å²) in [6.45, 7) is 0. The lowest BCUT2D eigenvalue weighted by molar-refractivity contribution is 0.102. The molecule has 88 valence electrons. The molecule has 0 aliphatic heterocycles. The minimum absolute atomic E-state index is 0.121. The van der Waals surface area contributed by atoms with Gasteiger partial charge in [-0.1, -0.05) is 0 Å². The molecule has 2 heterocycles. The molecule has 2 aromatic heterocycles. The van der Waals surface area contributed by atoms with Crippen molar-refractivity contribution in [1.82, 2.24) is 9.97 Å². The van der Waals surface area contributed by atoms with E-state index in [1.54, 1.807) is 30.6 Å². The molecule has 2 N–H and O–H groups in total. The van der Waals surface area contributed by atoms with Gasteiger partial charge >= 0.3 is 0 Å². The van der Waals surface area contributed by atoms with Crippen LogP contribution < -0.4 is 5.32 Å². The average molecular weight is 237 g/mol. The minimum atomic E-state index is -0.121. The molecule has 0 unspecified atom stereocenters. The van der Waals surface area contributed by atoms with Gasteiger partial charge in [-0.3, -0.25) is 9.78 Å². The molecule has 4 heteroatoms. The van der Waals surface area contributed by atoms with Crippen molar-refractivity contribution in [3.05, 3.63) is 60.6 Å². The highest BCUT2D eigenvalue weighted by Gasteiger charge is 2.06. The van der Waals surface area contributed by atoms with E-state index in [9.17, 15) is 4.79 Å². The highest BCUT2D eigenvalue weighted by Crippen LogP contribution is 2.15. The van der Waals surface area contributed by atoms with E-state index >= 15 is 0 Å². The summed E-state index contributed by atoms with van der Waals surface area (Å²) in [5, 5.41) is 3.85. The normalized spacial score (nSPS) is 10.4. The van der Waals surface area contributed by atoms with Crippen LogP contribution in [0.5, 0.6) is 0 Å². The zero-order chi connectivity index (χ0) is 12.4. The number of nitrogens with zero attached hydrogens (tertiary/aromatic N) is 1. The molecule has 3 aromatic rings. The molecule has 0 spiro atoms. The largest absolute Gasteiger partial charge is 0.361 e. The first kappa shape index (κ1) is 10.5. The maximum Gasteiger partial charge on any atom is 0.255 e. The van der Waals surface area contributed by atoms with Gasteiger partial charge in [0, 0.05) is 40.7 Å². The standard InChI is InChI=1S/C14H11N3O/c18-14(17-12-4-6-15-7-5-12)11-1-2-13-10(9-11)3-8-16-13/h1-9,16H,(H,15,17,18). The Bertz CT molecular complexity index is 688. The first-order valence-electron chi connectivity index (χ1n) is 5.61. The van der Waals surface area contributed by atoms with Gasteiger partial charge in [-0.05, 0) is 36.4 Å². The van der Waals surface area contributed by atoms with Gasteiger partial charge in [-0.2, -0.15) is 0 Å². The van der Waals surface area contributed by atoms with E-state index in [-0.39, 0.29) is 5.91 Å². The van der Waals surface area contributed by atoms with Crippen LogP contribution in [0, 0.1) is 0 Å². The summed E-state index contributed by atoms with van der Waals surface area (Å²) in [6, 6.07) is 11.0. The molecule has 0 saturated heterocycles. The van der Waals surface area contributed by atoms with Crippen molar-refractivity contribution < 1.29 is 4.79 Å². The molecule has 0 atom stereocenters. The molecule has 3 rings (SSSR count). The van der Waals surface area contributed by atoms with Gasteiger partial charge in [0.05, 0.1) is 0 Å². The van der Waals surface area contributed by atoms with Crippen molar-refractivity contribution in [3.8, 4) is 0 Å². The number of aromatic nitrogens is 2. The number of H-pyrrole nitrogens is 1. The van der Waals surface area contributed by atoms with Crippen LogP contribution in [0.2, 0.25) is 0 Å². The predicted molar refractivity (Wildman–Crippen MR) is 70.5 cm³/mol. The van der Waals surface area contributed by atoms with E-state index in [4.69, 9.17) is 0 Å². The summed E-state index contributed by atoms with van der Waals surface area (Å²) < 4.78 is 0. The molecule has 0 aliphatic rings. The average Bonchev–Trinajstić information content (AvgIpc) is 2.87. The van der Waals surface area contributed by atoms with Gasteiger partial charge in [0.25, 0.3) is 5.91 Å². The Balaban J connectivity index is 1.87. The van der Waals surface area contributed by atoms with Crippen molar-refractivity contribution in [1.29, 1.82) is 0 Å². The van der Waals surface area contributed by atoms with Gasteiger partial charge in [-0.25, -0.2) is 0 Å². The molecule has 0 bridgehead atoms. The number of anilines is 1. The highest BCUT2D eigenvalue weighted by atomic mass is 16.1. The van der Waals surface area contributed by atoms with Gasteiger partial charge < -0.3 is 10.3 Å². The summed E-state index contributed by atoms with van der Waals surface area (Å²) in [5.74, 6) is -0.121. The van der Waals surface area contributed by atoms with Crippen molar-refractivity contribution in [2.75, 3.05) is 5.32 Å². The topological polar surface area (TPSA) is 57.8 Å². The Morgan fingerprint density at radius 3 is 2.78 bits per heavy atom. The second-order valence-electron chi connectivity index (χ2n) is 3.97. The molecule has 0 saturated carbocycles. The summed E-state index contributed by atoms with van der Waals surface area (Å²) in [5.41, 5.74) is 2.40. The fourth-order valence-corrected chi connectivity index (χ4v) is 1.83. The van der Waals surface area contributed by atoms with Crippen LogP contribution in [0.1, 0.15) is 10.4 Å². The number of fused-ring (bicyclic) bond motifs is 1. The van der Waals surface area contributed by atoms with Crippen molar-refractivity contribution >= 4 is 22.5 Å². The minimum Gasteiger partial charge on any atom is -0.361 e. The second-order valence-corrected chi connectivity index (χ2v) is 3.97. The van der Waals surface area contributed by atoms with E-state index < -0.39 is 0 Å². The number of carbonyl (C=O) groups excluding carboxylic acids is 1. The van der Waals surface area contributed by atoms with Crippen LogP contribution in [-0.4, -0.2) is 15.9 Å². The van der Waals surface area contributed by atoms with Gasteiger partial charge in [0.2, 0.25) is 0 Å². The number of carbonyl (C=O) groups is 1. The summed E-state index contributed by atoms with van der Waals surface area (Å²) in [4.78, 5) is 19.0. The SMILES string of the molecule is O=C(Nc1ccncc1)c1ccc2[nH]ccc2c1. The number of nitrogens with one attached hydrogen (secondary N) is 2. The number of aromatic amines is 1. The Hall–Kier alpha value is -2.62. The van der Waals surface area contributed by atoms with E-state index in [0.29, 0.717) is 5.56 Å². The van der Waals surface area contributed by atoms with Crippen molar-refractivity contribution in [3.63, 3.8) is 0 Å². The lowest BCUT2D eigenvalue weighted by Gasteiger charge is -2.04. The first-order chi connectivity index (χ1) is 8.83. The number of pyridine rings is 1. The number of hydrogen-bond donors (Lipinski definition) is 2. The Morgan fingerprint density at radius 2 is 1.94 bits per heavy atom. The van der Waals surface area contributed by atoms with E-state index in [2.05, 4.69) is 15.3 Å². The Kier molecular flexibility index (Phi) is 2.53. The van der Waals surface area contributed by atoms with E-state index in [0.717, 1.165) is 16.6 Å². The van der Waals surface area contributed by atoms with E-state index in [1.165, 1.54) is 0 Å². The van der Waals surface area contributed by atoms with Crippen molar-refractivity contribution in [2.24, 2.45) is 0 Å². The van der Waals surface area contributed by atoms with E-state index in [1.807, 2.05) is 24.4 Å². The summed E-state index contributed by atoms with van der Waals surface area (Å²) in [7, 11) is 0. The molecule has 0 fully saturated rings. The Morgan fingerprint density at radius 1 is 1.11 bits per heavy atom. The van der Waals surface area contributed by atoms with Gasteiger partial charge in [-0.15, -0.1) is 0 Å². The third kappa shape index (κ3) is 1.96. The fraction of sp³-hybridized carbons (Fsp3) is 0. The van der Waals surface area contributed by atoms with Crippen LogP contribution in [0.15, 0.2) is 55.0 Å². The number of hydrogen-bond acceptors (Lipinski definition) is 2.